The van der Waals surface area contributed by atoms with Gasteiger partial charge in [-0.15, -0.1) is 6.08 Å². The van der Waals surface area contributed by atoms with Crippen molar-refractivity contribution in [3.63, 3.8) is 0 Å². The molecule has 1 aliphatic heterocycles. The molecule has 5 heteroatoms. The molecule has 1 aliphatic rings. The third-order valence-corrected chi connectivity index (χ3v) is 2.83. The molecule has 0 saturated carbocycles. The molecule has 2 rings (SSSR count). The molecule has 0 N–H and O–H groups in total. The van der Waals surface area contributed by atoms with Crippen LogP contribution in [0.25, 0.3) is 5.70 Å². The molecule has 20 heavy (non-hydrogen) atoms. The van der Waals surface area contributed by atoms with Gasteiger partial charge in [-0.2, -0.15) is 12.2 Å². The van der Waals surface area contributed by atoms with E-state index in [1.54, 1.807) is 31.0 Å². The number of likely N-dealkylation sites (N-methyl/N-ethyl adjacent to an activating group) is 1. The molecule has 0 amide bonds. The number of hydrogen-bond acceptors (Lipinski definition) is 2. The molecule has 1 aromatic rings. The third kappa shape index (κ3) is 3.36. The molecule has 0 unspecified atom stereocenters. The second kappa shape index (κ2) is 7.14. The fourth-order valence-electron chi connectivity index (χ4n) is 1.84. The molecule has 1 heterocycles. The van der Waals surface area contributed by atoms with Gasteiger partial charge < -0.3 is 9.64 Å². The summed E-state index contributed by atoms with van der Waals surface area (Å²) in [6, 6.07) is 2.34. The van der Waals surface area contributed by atoms with Crippen molar-refractivity contribution in [2.75, 3.05) is 13.7 Å². The molecule has 0 saturated heterocycles. The topological polar surface area (TPSA) is 12.5 Å². The molecule has 0 spiro atoms. The van der Waals surface area contributed by atoms with Crippen LogP contribution < -0.4 is 4.74 Å². The van der Waals surface area contributed by atoms with Crippen LogP contribution in [0.2, 0.25) is 0 Å². The summed E-state index contributed by atoms with van der Waals surface area (Å²) in [5, 5.41) is 0. The minimum absolute atomic E-state index is 0. The number of ether oxygens (including phenoxy) is 1. The van der Waals surface area contributed by atoms with Crippen molar-refractivity contribution in [3.05, 3.63) is 59.8 Å². The first-order valence-electron chi connectivity index (χ1n) is 5.89. The van der Waals surface area contributed by atoms with E-state index in [4.69, 9.17) is 4.74 Å². The van der Waals surface area contributed by atoms with Crippen LogP contribution in [0.5, 0.6) is 5.75 Å². The Morgan fingerprint density at radius 1 is 1.30 bits per heavy atom. The molecule has 103 valence electrons. The minimum atomic E-state index is -0.680. The summed E-state index contributed by atoms with van der Waals surface area (Å²) in [6.45, 7) is 5.89. The van der Waals surface area contributed by atoms with Gasteiger partial charge in [-0.05, 0) is 18.2 Å². The van der Waals surface area contributed by atoms with Crippen molar-refractivity contribution in [3.8, 4) is 5.75 Å². The summed E-state index contributed by atoms with van der Waals surface area (Å²) in [7, 11) is 1.68. The normalized spacial score (nSPS) is 13.9. The van der Waals surface area contributed by atoms with Crippen LogP contribution in [-0.2, 0) is 32.7 Å². The predicted molar refractivity (Wildman–Crippen MR) is 70.2 cm³/mol. The first-order chi connectivity index (χ1) is 9.04. The van der Waals surface area contributed by atoms with Crippen LogP contribution in [-0.4, -0.2) is 18.6 Å². The van der Waals surface area contributed by atoms with Crippen LogP contribution in [0.15, 0.2) is 36.6 Å². The monoisotopic (exact) mass is 351 g/mol. The Kier molecular flexibility index (Phi) is 6.09. The van der Waals surface area contributed by atoms with E-state index in [0.717, 1.165) is 0 Å². The number of rotatable bonds is 3. The summed E-state index contributed by atoms with van der Waals surface area (Å²) in [5.74, 6) is -1.18. The molecule has 2 nitrogen and oxygen atoms in total. The third-order valence-electron chi connectivity index (χ3n) is 2.83. The summed E-state index contributed by atoms with van der Waals surface area (Å²) >= 11 is 0. The van der Waals surface area contributed by atoms with E-state index >= 15 is 0 Å². The van der Waals surface area contributed by atoms with Crippen LogP contribution >= 0.6 is 0 Å². The number of halogens is 2. The van der Waals surface area contributed by atoms with Gasteiger partial charge in [0.25, 0.3) is 0 Å². The zero-order valence-electron chi connectivity index (χ0n) is 11.4. The van der Waals surface area contributed by atoms with Crippen molar-refractivity contribution in [2.45, 2.75) is 6.92 Å². The van der Waals surface area contributed by atoms with Gasteiger partial charge in [-0.1, -0.05) is 12.3 Å². The Labute approximate surface area is 142 Å². The van der Waals surface area contributed by atoms with Gasteiger partial charge >= 0.3 is 0 Å². The van der Waals surface area contributed by atoms with E-state index < -0.39 is 11.6 Å². The first-order valence-corrected chi connectivity index (χ1v) is 5.89. The van der Waals surface area contributed by atoms with E-state index in [0.29, 0.717) is 18.0 Å². The summed E-state index contributed by atoms with van der Waals surface area (Å²) in [5.41, 5.74) is 0.823. The van der Waals surface area contributed by atoms with Gasteiger partial charge in [0.2, 0.25) is 0 Å². The van der Waals surface area contributed by atoms with Gasteiger partial charge in [0.1, 0.15) is 5.75 Å². The molecule has 1 radical (unpaired) electrons. The van der Waals surface area contributed by atoms with Gasteiger partial charge in [-0.25, -0.2) is 8.78 Å². The molecule has 0 fully saturated rings. The molecular weight excluding hydrogens is 337 g/mol. The van der Waals surface area contributed by atoms with E-state index in [9.17, 15) is 8.78 Å². The van der Waals surface area contributed by atoms with Crippen molar-refractivity contribution in [1.29, 1.82) is 0 Å². The Balaban J connectivity index is 0.00000200. The Morgan fingerprint density at radius 3 is 2.45 bits per heavy atom. The molecule has 0 aliphatic carbocycles. The van der Waals surface area contributed by atoms with E-state index in [2.05, 4.69) is 12.7 Å². The Bertz CT molecular complexity index is 558. The zero-order chi connectivity index (χ0) is 14.0. The number of allylic oxidation sites excluding steroid dienone is 3. The molecule has 0 aromatic heterocycles. The quantitative estimate of drug-likeness (QED) is 0.773. The maximum Gasteiger partial charge on any atom is 0.122 e. The van der Waals surface area contributed by atoms with E-state index in [-0.39, 0.29) is 44.0 Å². The van der Waals surface area contributed by atoms with Crippen molar-refractivity contribution < 1.29 is 46.2 Å². The fourth-order valence-corrected chi connectivity index (χ4v) is 1.84. The largest absolute Gasteiger partial charge is 0.494 e. The first kappa shape index (κ1) is 17.1. The van der Waals surface area contributed by atoms with Crippen LogP contribution in [0.4, 0.5) is 8.78 Å². The molecule has 0 bridgehead atoms. The van der Waals surface area contributed by atoms with Crippen LogP contribution in [0.1, 0.15) is 12.5 Å². The van der Waals surface area contributed by atoms with Crippen LogP contribution in [0, 0.1) is 17.7 Å². The van der Waals surface area contributed by atoms with Crippen LogP contribution in [0.3, 0.4) is 0 Å². The Hall–Kier alpha value is -0.996. The number of benzene rings is 1. The zero-order valence-corrected chi connectivity index (χ0v) is 14.3. The van der Waals surface area contributed by atoms with Gasteiger partial charge in [0.15, 0.2) is 0 Å². The average Bonchev–Trinajstić information content (AvgIpc) is 2.34. The standard InChI is InChI=1S/C15H14F2NO.Y/c1-4-19-11-8-12(16)15(13(17)9-11)14-7-5-6-10(2)18(14)3;/h5-6,8-9H,2,4H2,1,3H3;/q-1;. The SMILES string of the molecule is C=C1C=C[C-]=C(c2c(F)cc(OCC)cc2F)N1C.[Y]. The average molecular weight is 351 g/mol. The van der Waals surface area contributed by atoms with Crippen molar-refractivity contribution in [1.82, 2.24) is 4.90 Å². The van der Waals surface area contributed by atoms with E-state index in [1.165, 1.54) is 12.1 Å². The predicted octanol–water partition coefficient (Wildman–Crippen LogP) is 3.52. The van der Waals surface area contributed by atoms with Gasteiger partial charge in [0.05, 0.1) is 18.2 Å². The number of nitrogens with zero attached hydrogens (tertiary/aromatic N) is 1. The van der Waals surface area contributed by atoms with Gasteiger partial charge in [0, 0.05) is 51.9 Å². The van der Waals surface area contributed by atoms with E-state index in [1.807, 2.05) is 0 Å². The maximum absolute atomic E-state index is 14.1. The van der Waals surface area contributed by atoms with Gasteiger partial charge in [-0.3, -0.25) is 0 Å². The smallest absolute Gasteiger partial charge is 0.122 e. The molecule has 0 atom stereocenters. The number of hydrogen-bond donors (Lipinski definition) is 0. The molecule has 1 aromatic carbocycles. The second-order valence-electron chi connectivity index (χ2n) is 4.07. The maximum atomic E-state index is 14.1. The summed E-state index contributed by atoms with van der Waals surface area (Å²) < 4.78 is 33.2. The Morgan fingerprint density at radius 2 is 1.90 bits per heavy atom. The second-order valence-corrected chi connectivity index (χ2v) is 4.07. The van der Waals surface area contributed by atoms with Crippen molar-refractivity contribution in [2.24, 2.45) is 0 Å². The fraction of sp³-hybridized carbons (Fsp3) is 0.200. The summed E-state index contributed by atoms with van der Waals surface area (Å²) in [6.07, 6.45) is 6.14. The summed E-state index contributed by atoms with van der Waals surface area (Å²) in [4.78, 5) is 1.59. The molecular formula is C15H14F2NOY-. The minimum Gasteiger partial charge on any atom is -0.494 e. The van der Waals surface area contributed by atoms with Crippen molar-refractivity contribution >= 4 is 5.70 Å².